The number of hydrogen-bond donors (Lipinski definition) is 2. The molecule has 0 saturated heterocycles. The average molecular weight is 327 g/mol. The van der Waals surface area contributed by atoms with Crippen LogP contribution in [0.1, 0.15) is 51.5 Å². The van der Waals surface area contributed by atoms with Gasteiger partial charge in [-0.05, 0) is 53.9 Å². The van der Waals surface area contributed by atoms with Gasteiger partial charge in [0.15, 0.2) is 0 Å². The van der Waals surface area contributed by atoms with Crippen molar-refractivity contribution < 1.29 is 0 Å². The molecule has 0 aliphatic rings. The summed E-state index contributed by atoms with van der Waals surface area (Å²) in [5.41, 5.74) is 8.36. The maximum absolute atomic E-state index is 5.98. The number of anilines is 1. The summed E-state index contributed by atoms with van der Waals surface area (Å²) in [6, 6.07) is 6.37. The Balaban J connectivity index is 2.66. The quantitative estimate of drug-likeness (QED) is 0.669. The Morgan fingerprint density at radius 2 is 2.00 bits per heavy atom. The van der Waals surface area contributed by atoms with Crippen molar-refractivity contribution in [3.05, 3.63) is 28.2 Å². The standard InChI is InChI=1S/C16H27BrN2/c1-4-5-6-7-10-16(3,12-18)19-15-11-13(2)8-9-14(15)17/h8-9,11,19H,4-7,10,12,18H2,1-3H3. The van der Waals surface area contributed by atoms with E-state index in [0.29, 0.717) is 6.54 Å². The molecular weight excluding hydrogens is 300 g/mol. The maximum atomic E-state index is 5.98. The molecule has 1 atom stereocenters. The van der Waals surface area contributed by atoms with Gasteiger partial charge in [-0.1, -0.05) is 38.7 Å². The fraction of sp³-hybridized carbons (Fsp3) is 0.625. The topological polar surface area (TPSA) is 38.0 Å². The highest BCUT2D eigenvalue weighted by molar-refractivity contribution is 9.10. The maximum Gasteiger partial charge on any atom is 0.0491 e. The fourth-order valence-corrected chi connectivity index (χ4v) is 2.56. The minimum absolute atomic E-state index is 0.0238. The molecule has 2 nitrogen and oxygen atoms in total. The van der Waals surface area contributed by atoms with Gasteiger partial charge in [0.05, 0.1) is 0 Å². The van der Waals surface area contributed by atoms with Crippen LogP contribution in [0.15, 0.2) is 22.7 Å². The molecule has 1 aromatic rings. The highest BCUT2D eigenvalue weighted by Crippen LogP contribution is 2.28. The molecule has 0 aromatic heterocycles. The lowest BCUT2D eigenvalue weighted by Crippen LogP contribution is -2.42. The van der Waals surface area contributed by atoms with Crippen LogP contribution in [0.25, 0.3) is 0 Å². The van der Waals surface area contributed by atoms with Crippen LogP contribution in [0.3, 0.4) is 0 Å². The molecule has 0 fully saturated rings. The monoisotopic (exact) mass is 326 g/mol. The van der Waals surface area contributed by atoms with Gasteiger partial charge in [0.1, 0.15) is 0 Å². The van der Waals surface area contributed by atoms with Crippen LogP contribution >= 0.6 is 15.9 Å². The number of benzene rings is 1. The van der Waals surface area contributed by atoms with Gasteiger partial charge in [-0.15, -0.1) is 0 Å². The number of nitrogens with one attached hydrogen (secondary N) is 1. The van der Waals surface area contributed by atoms with Crippen molar-refractivity contribution in [3.63, 3.8) is 0 Å². The molecular formula is C16H27BrN2. The molecule has 3 N–H and O–H groups in total. The Labute approximate surface area is 126 Å². The first-order valence-corrected chi connectivity index (χ1v) is 8.04. The molecule has 0 bridgehead atoms. The van der Waals surface area contributed by atoms with Crippen LogP contribution < -0.4 is 11.1 Å². The number of hydrogen-bond acceptors (Lipinski definition) is 2. The zero-order chi connectivity index (χ0) is 14.3. The van der Waals surface area contributed by atoms with Gasteiger partial charge in [0.25, 0.3) is 0 Å². The molecule has 0 amide bonds. The summed E-state index contributed by atoms with van der Waals surface area (Å²) >= 11 is 3.60. The molecule has 0 saturated carbocycles. The van der Waals surface area contributed by atoms with Gasteiger partial charge in [0.2, 0.25) is 0 Å². The van der Waals surface area contributed by atoms with Crippen LogP contribution in [0.4, 0.5) is 5.69 Å². The summed E-state index contributed by atoms with van der Waals surface area (Å²) in [7, 11) is 0. The smallest absolute Gasteiger partial charge is 0.0491 e. The number of nitrogens with two attached hydrogens (primary N) is 1. The Morgan fingerprint density at radius 1 is 1.26 bits per heavy atom. The highest BCUT2D eigenvalue weighted by atomic mass is 79.9. The summed E-state index contributed by atoms with van der Waals surface area (Å²) < 4.78 is 1.10. The zero-order valence-electron chi connectivity index (χ0n) is 12.4. The molecule has 1 aromatic carbocycles. The second-order valence-electron chi connectivity index (χ2n) is 5.68. The second kappa shape index (κ2) is 7.91. The van der Waals surface area contributed by atoms with Crippen molar-refractivity contribution >= 4 is 21.6 Å². The number of unbranched alkanes of at least 4 members (excludes halogenated alkanes) is 3. The van der Waals surface area contributed by atoms with E-state index in [1.807, 2.05) is 0 Å². The summed E-state index contributed by atoms with van der Waals surface area (Å²) in [6.45, 7) is 7.22. The van der Waals surface area contributed by atoms with Gasteiger partial charge in [-0.25, -0.2) is 0 Å². The van der Waals surface area contributed by atoms with Crippen molar-refractivity contribution in [3.8, 4) is 0 Å². The molecule has 1 unspecified atom stereocenters. The number of aryl methyl sites for hydroxylation is 1. The van der Waals surface area contributed by atoms with Gasteiger partial charge in [-0.2, -0.15) is 0 Å². The van der Waals surface area contributed by atoms with E-state index in [-0.39, 0.29) is 5.54 Å². The first-order chi connectivity index (χ1) is 9.00. The first kappa shape index (κ1) is 16.5. The number of halogens is 1. The summed E-state index contributed by atoms with van der Waals surface area (Å²) in [5, 5.41) is 3.62. The zero-order valence-corrected chi connectivity index (χ0v) is 14.0. The molecule has 108 valence electrons. The van der Waals surface area contributed by atoms with Gasteiger partial charge < -0.3 is 11.1 Å². The lowest BCUT2D eigenvalue weighted by molar-refractivity contribution is 0.451. The van der Waals surface area contributed by atoms with Crippen LogP contribution in [0, 0.1) is 6.92 Å². The van der Waals surface area contributed by atoms with Crippen molar-refractivity contribution in [2.75, 3.05) is 11.9 Å². The Hall–Kier alpha value is -0.540. The first-order valence-electron chi connectivity index (χ1n) is 7.25. The molecule has 0 radical (unpaired) electrons. The van der Waals surface area contributed by atoms with Crippen molar-refractivity contribution in [2.45, 2.75) is 58.4 Å². The third-order valence-electron chi connectivity index (χ3n) is 3.59. The van der Waals surface area contributed by atoms with E-state index in [1.165, 1.54) is 31.2 Å². The minimum Gasteiger partial charge on any atom is -0.378 e. The van der Waals surface area contributed by atoms with E-state index in [1.54, 1.807) is 0 Å². The minimum atomic E-state index is -0.0238. The van der Waals surface area contributed by atoms with E-state index in [0.717, 1.165) is 16.6 Å². The molecule has 19 heavy (non-hydrogen) atoms. The predicted molar refractivity (Wildman–Crippen MR) is 88.7 cm³/mol. The molecule has 0 heterocycles. The molecule has 0 spiro atoms. The van der Waals surface area contributed by atoms with Gasteiger partial charge in [-0.3, -0.25) is 0 Å². The SMILES string of the molecule is CCCCCCC(C)(CN)Nc1cc(C)ccc1Br. The predicted octanol–water partition coefficient (Wildman–Crippen LogP) is 4.86. The average Bonchev–Trinajstić information content (AvgIpc) is 2.39. The summed E-state index contributed by atoms with van der Waals surface area (Å²) in [5.74, 6) is 0. The highest BCUT2D eigenvalue weighted by Gasteiger charge is 2.22. The van der Waals surface area contributed by atoms with Crippen LogP contribution in [-0.2, 0) is 0 Å². The molecule has 0 aliphatic heterocycles. The lowest BCUT2D eigenvalue weighted by Gasteiger charge is -2.31. The Bertz CT molecular complexity index is 392. The van der Waals surface area contributed by atoms with Crippen LogP contribution in [0.5, 0.6) is 0 Å². The van der Waals surface area contributed by atoms with E-state index < -0.39 is 0 Å². The van der Waals surface area contributed by atoms with Crippen molar-refractivity contribution in [1.29, 1.82) is 0 Å². The lowest BCUT2D eigenvalue weighted by atomic mass is 9.93. The Morgan fingerprint density at radius 3 is 2.63 bits per heavy atom. The van der Waals surface area contributed by atoms with Crippen LogP contribution in [0.2, 0.25) is 0 Å². The Kier molecular flexibility index (Phi) is 6.87. The van der Waals surface area contributed by atoms with E-state index in [2.05, 4.69) is 60.2 Å². The molecule has 0 aliphatic carbocycles. The normalized spacial score (nSPS) is 14.2. The number of rotatable bonds is 8. The fourth-order valence-electron chi connectivity index (χ4n) is 2.22. The van der Waals surface area contributed by atoms with Crippen LogP contribution in [-0.4, -0.2) is 12.1 Å². The van der Waals surface area contributed by atoms with Crippen molar-refractivity contribution in [2.24, 2.45) is 5.73 Å². The third kappa shape index (κ3) is 5.53. The van der Waals surface area contributed by atoms with E-state index in [4.69, 9.17) is 5.73 Å². The second-order valence-corrected chi connectivity index (χ2v) is 6.54. The molecule has 3 heteroatoms. The van der Waals surface area contributed by atoms with E-state index >= 15 is 0 Å². The molecule has 1 rings (SSSR count). The van der Waals surface area contributed by atoms with Gasteiger partial charge in [0, 0.05) is 22.2 Å². The third-order valence-corrected chi connectivity index (χ3v) is 4.28. The van der Waals surface area contributed by atoms with E-state index in [9.17, 15) is 0 Å². The summed E-state index contributed by atoms with van der Waals surface area (Å²) in [4.78, 5) is 0. The van der Waals surface area contributed by atoms with Gasteiger partial charge >= 0.3 is 0 Å². The summed E-state index contributed by atoms with van der Waals surface area (Å²) in [6.07, 6.45) is 6.23. The van der Waals surface area contributed by atoms with Crippen molar-refractivity contribution in [1.82, 2.24) is 0 Å². The largest absolute Gasteiger partial charge is 0.378 e.